The van der Waals surface area contributed by atoms with E-state index in [-0.39, 0.29) is 5.91 Å². The van der Waals surface area contributed by atoms with E-state index in [4.69, 9.17) is 0 Å². The maximum Gasteiger partial charge on any atom is 0.251 e. The van der Waals surface area contributed by atoms with Crippen LogP contribution >= 0.6 is 0 Å². The highest BCUT2D eigenvalue weighted by atomic mass is 16.1. The van der Waals surface area contributed by atoms with Crippen LogP contribution in [0.15, 0.2) is 29.3 Å². The van der Waals surface area contributed by atoms with Crippen molar-refractivity contribution in [2.24, 2.45) is 10.4 Å². The molecule has 5 heteroatoms. The number of carbonyl (C=O) groups is 1. The molecule has 5 nitrogen and oxygen atoms in total. The van der Waals surface area contributed by atoms with Crippen LogP contribution < -0.4 is 16.0 Å². The molecule has 140 valence electrons. The van der Waals surface area contributed by atoms with Crippen molar-refractivity contribution < 1.29 is 4.79 Å². The Kier molecular flexibility index (Phi) is 8.46. The number of amides is 1. The van der Waals surface area contributed by atoms with Gasteiger partial charge in [0.05, 0.1) is 0 Å². The van der Waals surface area contributed by atoms with E-state index in [0.29, 0.717) is 30.1 Å². The molecule has 25 heavy (non-hydrogen) atoms. The summed E-state index contributed by atoms with van der Waals surface area (Å²) in [4.78, 5) is 16.2. The third-order valence-electron chi connectivity index (χ3n) is 3.92. The largest absolute Gasteiger partial charge is 0.354 e. The second kappa shape index (κ2) is 10.1. The highest BCUT2D eigenvalue weighted by Crippen LogP contribution is 2.21. The number of nitrogens with one attached hydrogen (secondary N) is 3. The average molecular weight is 347 g/mol. The minimum Gasteiger partial charge on any atom is -0.354 e. The Morgan fingerprint density at radius 1 is 1.24 bits per heavy atom. The summed E-state index contributed by atoms with van der Waals surface area (Å²) in [6, 6.07) is 8.01. The van der Waals surface area contributed by atoms with E-state index in [1.54, 1.807) is 7.05 Å². The van der Waals surface area contributed by atoms with Gasteiger partial charge in [0.2, 0.25) is 0 Å². The molecule has 0 bridgehead atoms. The lowest BCUT2D eigenvalue weighted by Crippen LogP contribution is -2.42. The van der Waals surface area contributed by atoms with Gasteiger partial charge < -0.3 is 16.0 Å². The number of nitrogens with zero attached hydrogens (tertiary/aromatic N) is 1. The Bertz CT molecular complexity index is 575. The highest BCUT2D eigenvalue weighted by molar-refractivity contribution is 5.94. The van der Waals surface area contributed by atoms with E-state index in [1.807, 2.05) is 31.2 Å². The van der Waals surface area contributed by atoms with Crippen molar-refractivity contribution in [1.82, 2.24) is 16.0 Å². The van der Waals surface area contributed by atoms with Crippen molar-refractivity contribution in [3.63, 3.8) is 0 Å². The molecular formula is C20H34N4O. The smallest absolute Gasteiger partial charge is 0.251 e. The fraction of sp³-hybridized carbons (Fsp3) is 0.600. The number of guanidine groups is 1. The monoisotopic (exact) mass is 346 g/mol. The molecule has 0 saturated heterocycles. The highest BCUT2D eigenvalue weighted by Gasteiger charge is 2.13. The number of rotatable bonds is 7. The van der Waals surface area contributed by atoms with Gasteiger partial charge in [-0.15, -0.1) is 0 Å². The van der Waals surface area contributed by atoms with Crippen molar-refractivity contribution in [3.05, 3.63) is 35.4 Å². The van der Waals surface area contributed by atoms with Crippen LogP contribution in [-0.2, 0) is 6.54 Å². The number of carbonyl (C=O) groups excluding carboxylic acids is 1. The van der Waals surface area contributed by atoms with Gasteiger partial charge >= 0.3 is 0 Å². The Labute approximate surface area is 152 Å². The lowest BCUT2D eigenvalue weighted by atomic mass is 9.89. The van der Waals surface area contributed by atoms with Crippen molar-refractivity contribution in [2.75, 3.05) is 13.6 Å². The van der Waals surface area contributed by atoms with E-state index >= 15 is 0 Å². The summed E-state index contributed by atoms with van der Waals surface area (Å²) in [5.41, 5.74) is 2.07. The maximum absolute atomic E-state index is 11.9. The SMILES string of the molecule is CCNC(=O)c1cccc(CNC(=NC)NC(C)CCC(C)(C)C)c1. The van der Waals surface area contributed by atoms with Crippen LogP contribution in [0.4, 0.5) is 0 Å². The molecule has 1 atom stereocenters. The Morgan fingerprint density at radius 2 is 1.96 bits per heavy atom. The van der Waals surface area contributed by atoms with Crippen LogP contribution in [-0.4, -0.2) is 31.5 Å². The lowest BCUT2D eigenvalue weighted by molar-refractivity contribution is 0.0955. The van der Waals surface area contributed by atoms with Crippen molar-refractivity contribution in [3.8, 4) is 0 Å². The lowest BCUT2D eigenvalue weighted by Gasteiger charge is -2.23. The first-order chi connectivity index (χ1) is 11.7. The standard InChI is InChI=1S/C20H34N4O/c1-7-22-18(25)17-10-8-9-16(13-17)14-23-19(21-6)24-15(2)11-12-20(3,4)5/h8-10,13,15H,7,11-12,14H2,1-6H3,(H,22,25)(H2,21,23,24). The molecule has 1 unspecified atom stereocenters. The molecule has 0 aliphatic heterocycles. The zero-order chi connectivity index (χ0) is 18.9. The predicted octanol–water partition coefficient (Wildman–Crippen LogP) is 3.32. The van der Waals surface area contributed by atoms with E-state index in [1.165, 1.54) is 0 Å². The van der Waals surface area contributed by atoms with Crippen molar-refractivity contribution in [2.45, 2.75) is 60.0 Å². The van der Waals surface area contributed by atoms with Crippen LogP contribution in [0.5, 0.6) is 0 Å². The van der Waals surface area contributed by atoms with Crippen LogP contribution in [0.2, 0.25) is 0 Å². The number of aliphatic imine (C=N–C) groups is 1. The molecule has 0 spiro atoms. The first-order valence-electron chi connectivity index (χ1n) is 9.09. The third-order valence-corrected chi connectivity index (χ3v) is 3.92. The minimum absolute atomic E-state index is 0.0392. The molecule has 0 fully saturated rings. The molecule has 0 aliphatic rings. The Hall–Kier alpha value is -2.04. The first-order valence-corrected chi connectivity index (χ1v) is 9.09. The van der Waals surface area contributed by atoms with Crippen LogP contribution in [0.1, 0.15) is 63.4 Å². The second-order valence-corrected chi connectivity index (χ2v) is 7.63. The van der Waals surface area contributed by atoms with Crippen molar-refractivity contribution >= 4 is 11.9 Å². The fourth-order valence-electron chi connectivity index (χ4n) is 2.42. The summed E-state index contributed by atoms with van der Waals surface area (Å²) >= 11 is 0. The molecule has 1 rings (SSSR count). The van der Waals surface area contributed by atoms with Gasteiger partial charge in [0.15, 0.2) is 5.96 Å². The Balaban J connectivity index is 2.54. The first kappa shape index (κ1) is 21.0. The summed E-state index contributed by atoms with van der Waals surface area (Å²) in [5, 5.41) is 9.57. The summed E-state index contributed by atoms with van der Waals surface area (Å²) < 4.78 is 0. The molecule has 1 aromatic rings. The molecule has 3 N–H and O–H groups in total. The van der Waals surface area contributed by atoms with E-state index < -0.39 is 0 Å². The number of benzene rings is 1. The molecule has 0 heterocycles. The van der Waals surface area contributed by atoms with E-state index in [9.17, 15) is 4.79 Å². The van der Waals surface area contributed by atoms with Gasteiger partial charge in [-0.2, -0.15) is 0 Å². The third kappa shape index (κ3) is 8.57. The average Bonchev–Trinajstić information content (AvgIpc) is 2.56. The molecule has 0 aliphatic carbocycles. The quantitative estimate of drug-likeness (QED) is 0.524. The zero-order valence-electron chi connectivity index (χ0n) is 16.6. The zero-order valence-corrected chi connectivity index (χ0v) is 16.6. The van der Waals surface area contributed by atoms with Gasteiger partial charge in [-0.3, -0.25) is 9.79 Å². The summed E-state index contributed by atoms with van der Waals surface area (Å²) in [6.45, 7) is 12.1. The Morgan fingerprint density at radius 3 is 2.56 bits per heavy atom. The molecule has 0 saturated carbocycles. The number of hydrogen-bond acceptors (Lipinski definition) is 2. The topological polar surface area (TPSA) is 65.5 Å². The fourth-order valence-corrected chi connectivity index (χ4v) is 2.42. The molecule has 1 aromatic carbocycles. The molecular weight excluding hydrogens is 312 g/mol. The van der Waals surface area contributed by atoms with Crippen LogP contribution in [0.25, 0.3) is 0 Å². The van der Waals surface area contributed by atoms with Gasteiger partial charge in [0.1, 0.15) is 0 Å². The van der Waals surface area contributed by atoms with Crippen molar-refractivity contribution in [1.29, 1.82) is 0 Å². The summed E-state index contributed by atoms with van der Waals surface area (Å²) in [6.07, 6.45) is 2.25. The molecule has 0 radical (unpaired) electrons. The van der Waals surface area contributed by atoms with Gasteiger partial charge in [-0.1, -0.05) is 32.9 Å². The maximum atomic E-state index is 11.9. The van der Waals surface area contributed by atoms with Gasteiger partial charge in [0.25, 0.3) is 5.91 Å². The van der Waals surface area contributed by atoms with E-state index in [0.717, 1.165) is 24.4 Å². The molecule has 0 aromatic heterocycles. The van der Waals surface area contributed by atoms with Crippen LogP contribution in [0.3, 0.4) is 0 Å². The molecule has 1 amide bonds. The van der Waals surface area contributed by atoms with E-state index in [2.05, 4.69) is 48.6 Å². The van der Waals surface area contributed by atoms with Gasteiger partial charge in [-0.25, -0.2) is 0 Å². The second-order valence-electron chi connectivity index (χ2n) is 7.63. The summed E-state index contributed by atoms with van der Waals surface area (Å²) in [5.74, 6) is 0.743. The van der Waals surface area contributed by atoms with Crippen LogP contribution in [0, 0.1) is 5.41 Å². The van der Waals surface area contributed by atoms with Gasteiger partial charge in [0, 0.05) is 31.7 Å². The summed E-state index contributed by atoms with van der Waals surface area (Å²) in [7, 11) is 1.77. The predicted molar refractivity (Wildman–Crippen MR) is 106 cm³/mol. The van der Waals surface area contributed by atoms with Gasteiger partial charge in [-0.05, 0) is 49.8 Å². The normalized spacial score (nSPS) is 13.3. The number of hydrogen-bond donors (Lipinski definition) is 3. The minimum atomic E-state index is -0.0392.